The molecule has 2 aromatic carbocycles. The number of hydrogen-bond acceptors (Lipinski definition) is 5. The zero-order valence-electron chi connectivity index (χ0n) is 17.5. The van der Waals surface area contributed by atoms with E-state index in [1.807, 2.05) is 24.3 Å². The van der Waals surface area contributed by atoms with Gasteiger partial charge in [0.25, 0.3) is 0 Å². The highest BCUT2D eigenvalue weighted by Gasteiger charge is 2.30. The van der Waals surface area contributed by atoms with Crippen LogP contribution in [-0.2, 0) is 11.3 Å². The smallest absolute Gasteiger partial charge is 0.234 e. The standard InChI is InChI=1S/C23H26N4OS2/c1-4-27-22(17-7-8-17)25-26-23(27)29-14-21(28)24-18-9-11-19(12-10-18)30-20-13-15(2)5-6-16(20)3/h5-6,9-13,17H,4,7-8,14H2,1-3H3,(H,24,28). The maximum absolute atomic E-state index is 12.4. The van der Waals surface area contributed by atoms with Gasteiger partial charge in [-0.15, -0.1) is 10.2 Å². The molecule has 0 radical (unpaired) electrons. The molecule has 1 aliphatic rings. The Morgan fingerprint density at radius 1 is 1.13 bits per heavy atom. The van der Waals surface area contributed by atoms with Crippen molar-refractivity contribution in [3.63, 3.8) is 0 Å². The minimum Gasteiger partial charge on any atom is -0.325 e. The maximum Gasteiger partial charge on any atom is 0.234 e. The van der Waals surface area contributed by atoms with E-state index in [1.54, 1.807) is 11.8 Å². The molecule has 4 rings (SSSR count). The number of thioether (sulfide) groups is 1. The third kappa shape index (κ3) is 5.08. The SMILES string of the molecule is CCn1c(SCC(=O)Nc2ccc(Sc3cc(C)ccc3C)cc2)nnc1C1CC1. The Labute approximate surface area is 186 Å². The minimum atomic E-state index is -0.0337. The first kappa shape index (κ1) is 21.0. The largest absolute Gasteiger partial charge is 0.325 e. The van der Waals surface area contributed by atoms with Crippen LogP contribution in [0.1, 0.15) is 42.6 Å². The molecule has 0 bridgehead atoms. The summed E-state index contributed by atoms with van der Waals surface area (Å²) in [6.45, 7) is 7.16. The van der Waals surface area contributed by atoms with E-state index in [1.165, 1.54) is 40.6 Å². The van der Waals surface area contributed by atoms with Crippen LogP contribution in [0.25, 0.3) is 0 Å². The van der Waals surface area contributed by atoms with Gasteiger partial charge >= 0.3 is 0 Å². The van der Waals surface area contributed by atoms with Gasteiger partial charge in [-0.2, -0.15) is 0 Å². The molecule has 0 spiro atoms. The Hall–Kier alpha value is -2.25. The predicted molar refractivity (Wildman–Crippen MR) is 124 cm³/mol. The average Bonchev–Trinajstić information content (AvgIpc) is 3.50. The Morgan fingerprint density at radius 3 is 2.60 bits per heavy atom. The zero-order valence-corrected chi connectivity index (χ0v) is 19.1. The van der Waals surface area contributed by atoms with Crippen molar-refractivity contribution in [1.82, 2.24) is 14.8 Å². The molecule has 0 atom stereocenters. The van der Waals surface area contributed by atoms with Crippen molar-refractivity contribution in [3.05, 3.63) is 59.4 Å². The number of aromatic nitrogens is 3. The van der Waals surface area contributed by atoms with Gasteiger partial charge in [0.05, 0.1) is 5.75 Å². The van der Waals surface area contributed by atoms with Crippen molar-refractivity contribution < 1.29 is 4.79 Å². The number of anilines is 1. The fourth-order valence-electron chi connectivity index (χ4n) is 3.23. The molecule has 0 unspecified atom stereocenters. The zero-order chi connectivity index (χ0) is 21.1. The quantitative estimate of drug-likeness (QED) is 0.459. The van der Waals surface area contributed by atoms with Crippen LogP contribution in [0.15, 0.2) is 57.4 Å². The third-order valence-electron chi connectivity index (χ3n) is 5.05. The second-order valence-corrected chi connectivity index (χ2v) is 9.65. The summed E-state index contributed by atoms with van der Waals surface area (Å²) in [4.78, 5) is 14.8. The number of carbonyl (C=O) groups is 1. The van der Waals surface area contributed by atoms with Crippen molar-refractivity contribution in [3.8, 4) is 0 Å². The molecule has 1 saturated carbocycles. The van der Waals surface area contributed by atoms with E-state index in [4.69, 9.17) is 0 Å². The van der Waals surface area contributed by atoms with Crippen molar-refractivity contribution in [2.75, 3.05) is 11.1 Å². The lowest BCUT2D eigenvalue weighted by Gasteiger charge is -2.09. The number of benzene rings is 2. The van der Waals surface area contributed by atoms with Gasteiger partial charge in [0.2, 0.25) is 5.91 Å². The van der Waals surface area contributed by atoms with Crippen LogP contribution in [0.4, 0.5) is 5.69 Å². The summed E-state index contributed by atoms with van der Waals surface area (Å²) in [6, 6.07) is 14.5. The Balaban J connectivity index is 1.32. The van der Waals surface area contributed by atoms with E-state index >= 15 is 0 Å². The van der Waals surface area contributed by atoms with Gasteiger partial charge in [-0.1, -0.05) is 35.7 Å². The molecule has 1 N–H and O–H groups in total. The first-order valence-corrected chi connectivity index (χ1v) is 12.0. The number of rotatable bonds is 8. The summed E-state index contributed by atoms with van der Waals surface area (Å²) in [5.41, 5.74) is 3.33. The lowest BCUT2D eigenvalue weighted by atomic mass is 10.2. The number of hydrogen-bond donors (Lipinski definition) is 1. The van der Waals surface area contributed by atoms with Gasteiger partial charge in [-0.3, -0.25) is 4.79 Å². The second-order valence-electron chi connectivity index (χ2n) is 7.59. The first-order valence-electron chi connectivity index (χ1n) is 10.2. The van der Waals surface area contributed by atoms with Crippen LogP contribution in [0, 0.1) is 13.8 Å². The Morgan fingerprint density at radius 2 is 1.90 bits per heavy atom. The first-order chi connectivity index (χ1) is 14.5. The van der Waals surface area contributed by atoms with E-state index in [-0.39, 0.29) is 5.91 Å². The fourth-order valence-corrected chi connectivity index (χ4v) is 5.03. The predicted octanol–water partition coefficient (Wildman–Crippen LogP) is 5.67. The fraction of sp³-hybridized carbons (Fsp3) is 0.348. The molecule has 0 saturated heterocycles. The van der Waals surface area contributed by atoms with Crippen LogP contribution in [-0.4, -0.2) is 26.4 Å². The molecule has 1 aliphatic carbocycles. The van der Waals surface area contributed by atoms with Gasteiger partial charge < -0.3 is 9.88 Å². The monoisotopic (exact) mass is 438 g/mol. The summed E-state index contributed by atoms with van der Waals surface area (Å²) in [5.74, 6) is 1.91. The highest BCUT2D eigenvalue weighted by atomic mass is 32.2. The number of nitrogens with one attached hydrogen (secondary N) is 1. The van der Waals surface area contributed by atoms with E-state index in [2.05, 4.69) is 59.1 Å². The Bertz CT molecular complexity index is 1040. The molecule has 7 heteroatoms. The van der Waals surface area contributed by atoms with Gasteiger partial charge in [-0.25, -0.2) is 0 Å². The summed E-state index contributed by atoms with van der Waals surface area (Å²) >= 11 is 3.19. The van der Waals surface area contributed by atoms with E-state index in [0.717, 1.165) is 28.1 Å². The molecular formula is C23H26N4OS2. The van der Waals surface area contributed by atoms with Crippen LogP contribution in [0.2, 0.25) is 0 Å². The topological polar surface area (TPSA) is 59.8 Å². The molecule has 1 aromatic heterocycles. The van der Waals surface area contributed by atoms with Gasteiger partial charge in [0.15, 0.2) is 5.16 Å². The molecular weight excluding hydrogens is 412 g/mol. The molecule has 3 aromatic rings. The van der Waals surface area contributed by atoms with Gasteiger partial charge in [0.1, 0.15) is 5.82 Å². The lowest BCUT2D eigenvalue weighted by molar-refractivity contribution is -0.113. The van der Waals surface area contributed by atoms with Crippen LogP contribution < -0.4 is 5.32 Å². The van der Waals surface area contributed by atoms with E-state index < -0.39 is 0 Å². The van der Waals surface area contributed by atoms with Crippen molar-refractivity contribution in [2.45, 2.75) is 61.0 Å². The van der Waals surface area contributed by atoms with Crippen molar-refractivity contribution in [1.29, 1.82) is 0 Å². The number of amides is 1. The average molecular weight is 439 g/mol. The highest BCUT2D eigenvalue weighted by Crippen LogP contribution is 2.40. The van der Waals surface area contributed by atoms with Crippen LogP contribution in [0.5, 0.6) is 0 Å². The van der Waals surface area contributed by atoms with E-state index in [0.29, 0.717) is 11.7 Å². The summed E-state index contributed by atoms with van der Waals surface area (Å²) in [7, 11) is 0. The molecule has 30 heavy (non-hydrogen) atoms. The normalized spacial score (nSPS) is 13.4. The summed E-state index contributed by atoms with van der Waals surface area (Å²) < 4.78 is 2.13. The third-order valence-corrected chi connectivity index (χ3v) is 7.18. The minimum absolute atomic E-state index is 0.0337. The van der Waals surface area contributed by atoms with Crippen LogP contribution in [0.3, 0.4) is 0 Å². The molecule has 1 fully saturated rings. The number of aryl methyl sites for hydroxylation is 2. The summed E-state index contributed by atoms with van der Waals surface area (Å²) in [5, 5.41) is 12.4. The van der Waals surface area contributed by atoms with Crippen LogP contribution >= 0.6 is 23.5 Å². The van der Waals surface area contributed by atoms with Crippen molar-refractivity contribution >= 4 is 35.1 Å². The number of nitrogens with zero attached hydrogens (tertiary/aromatic N) is 3. The number of carbonyl (C=O) groups excluding carboxylic acids is 1. The maximum atomic E-state index is 12.4. The highest BCUT2D eigenvalue weighted by molar-refractivity contribution is 7.99. The summed E-state index contributed by atoms with van der Waals surface area (Å²) in [6.07, 6.45) is 2.39. The molecule has 5 nitrogen and oxygen atoms in total. The second kappa shape index (κ2) is 9.27. The van der Waals surface area contributed by atoms with Gasteiger partial charge in [0, 0.05) is 27.9 Å². The Kier molecular flexibility index (Phi) is 6.49. The molecule has 1 amide bonds. The molecule has 1 heterocycles. The van der Waals surface area contributed by atoms with Gasteiger partial charge in [-0.05, 0) is 75.1 Å². The molecule has 0 aliphatic heterocycles. The lowest BCUT2D eigenvalue weighted by Crippen LogP contribution is -2.14. The molecule has 156 valence electrons. The van der Waals surface area contributed by atoms with Crippen molar-refractivity contribution in [2.24, 2.45) is 0 Å². The van der Waals surface area contributed by atoms with E-state index in [9.17, 15) is 4.79 Å².